The van der Waals surface area contributed by atoms with Gasteiger partial charge in [-0.3, -0.25) is 4.90 Å². The molecule has 3 rings (SSSR count). The number of piperazine rings is 1. The van der Waals surface area contributed by atoms with E-state index in [0.29, 0.717) is 23.3 Å². The predicted molar refractivity (Wildman–Crippen MR) is 83.6 cm³/mol. The van der Waals surface area contributed by atoms with Gasteiger partial charge in [0.25, 0.3) is 10.0 Å². The second-order valence-corrected chi connectivity index (χ2v) is 9.77. The highest BCUT2D eigenvalue weighted by Gasteiger charge is 2.32. The molecule has 1 unspecified atom stereocenters. The Kier molecular flexibility index (Phi) is 4.49. The SMILES string of the molecule is O=S(=O)(c1ccc(Br)s1)N1CCN(C2CCNC2)CC1. The van der Waals surface area contributed by atoms with Crippen LogP contribution < -0.4 is 5.32 Å². The van der Waals surface area contributed by atoms with Crippen LogP contribution in [0, 0.1) is 0 Å². The molecule has 0 saturated carbocycles. The summed E-state index contributed by atoms with van der Waals surface area (Å²) in [6.45, 7) is 4.95. The minimum Gasteiger partial charge on any atom is -0.315 e. The molecule has 2 fully saturated rings. The van der Waals surface area contributed by atoms with Crippen molar-refractivity contribution in [1.82, 2.24) is 14.5 Å². The van der Waals surface area contributed by atoms with E-state index < -0.39 is 10.0 Å². The van der Waals surface area contributed by atoms with E-state index in [2.05, 4.69) is 26.1 Å². The Morgan fingerprint density at radius 3 is 2.55 bits per heavy atom. The van der Waals surface area contributed by atoms with E-state index in [4.69, 9.17) is 0 Å². The van der Waals surface area contributed by atoms with Gasteiger partial charge in [0.05, 0.1) is 3.79 Å². The molecule has 2 aliphatic heterocycles. The van der Waals surface area contributed by atoms with Gasteiger partial charge in [0.15, 0.2) is 0 Å². The van der Waals surface area contributed by atoms with Gasteiger partial charge in [-0.25, -0.2) is 8.42 Å². The van der Waals surface area contributed by atoms with Crippen molar-refractivity contribution in [3.63, 3.8) is 0 Å². The molecule has 20 heavy (non-hydrogen) atoms. The molecule has 3 heterocycles. The number of hydrogen-bond acceptors (Lipinski definition) is 5. The van der Waals surface area contributed by atoms with Gasteiger partial charge in [0.2, 0.25) is 0 Å². The van der Waals surface area contributed by atoms with Crippen LogP contribution in [0.25, 0.3) is 0 Å². The molecule has 2 saturated heterocycles. The zero-order valence-corrected chi connectivity index (χ0v) is 14.3. The molecular weight excluding hydrogens is 362 g/mol. The lowest BCUT2D eigenvalue weighted by Crippen LogP contribution is -2.52. The summed E-state index contributed by atoms with van der Waals surface area (Å²) >= 11 is 4.60. The third kappa shape index (κ3) is 2.95. The fourth-order valence-electron chi connectivity index (χ4n) is 2.82. The third-order valence-corrected chi connectivity index (χ3v) is 7.96. The van der Waals surface area contributed by atoms with E-state index in [1.165, 1.54) is 17.8 Å². The Balaban J connectivity index is 1.65. The highest BCUT2D eigenvalue weighted by molar-refractivity contribution is 9.11. The molecular formula is C12H18BrN3O2S2. The Bertz CT molecular complexity index is 561. The van der Waals surface area contributed by atoms with Gasteiger partial charge in [-0.2, -0.15) is 4.31 Å². The summed E-state index contributed by atoms with van der Waals surface area (Å²) in [6.07, 6.45) is 1.17. The Morgan fingerprint density at radius 2 is 2.00 bits per heavy atom. The van der Waals surface area contributed by atoms with Crippen molar-refractivity contribution in [3.8, 4) is 0 Å². The van der Waals surface area contributed by atoms with Crippen LogP contribution in [-0.4, -0.2) is 62.9 Å². The number of nitrogens with one attached hydrogen (secondary N) is 1. The normalized spacial score (nSPS) is 26.1. The maximum Gasteiger partial charge on any atom is 0.252 e. The molecule has 1 atom stereocenters. The molecule has 0 amide bonds. The van der Waals surface area contributed by atoms with E-state index in [9.17, 15) is 8.42 Å². The lowest BCUT2D eigenvalue weighted by atomic mass is 10.2. The minimum absolute atomic E-state index is 0.431. The van der Waals surface area contributed by atoms with Gasteiger partial charge >= 0.3 is 0 Å². The van der Waals surface area contributed by atoms with Crippen LogP contribution in [0.2, 0.25) is 0 Å². The molecule has 1 aromatic heterocycles. The van der Waals surface area contributed by atoms with Crippen molar-refractivity contribution < 1.29 is 8.42 Å². The summed E-state index contributed by atoms with van der Waals surface area (Å²) in [7, 11) is -3.31. The zero-order chi connectivity index (χ0) is 14.2. The second-order valence-electron chi connectivity index (χ2n) is 5.15. The highest BCUT2D eigenvalue weighted by atomic mass is 79.9. The van der Waals surface area contributed by atoms with Crippen LogP contribution in [0.5, 0.6) is 0 Å². The van der Waals surface area contributed by atoms with Crippen LogP contribution in [0.4, 0.5) is 0 Å². The molecule has 0 aromatic carbocycles. The fourth-order valence-corrected chi connectivity index (χ4v) is 6.41. The maximum atomic E-state index is 12.5. The Labute approximate surface area is 132 Å². The van der Waals surface area contributed by atoms with Gasteiger partial charge in [0, 0.05) is 38.8 Å². The first-order valence-electron chi connectivity index (χ1n) is 6.77. The van der Waals surface area contributed by atoms with Gasteiger partial charge in [-0.05, 0) is 41.0 Å². The lowest BCUT2D eigenvalue weighted by molar-refractivity contribution is 0.145. The number of thiophene rings is 1. The molecule has 0 aliphatic carbocycles. The lowest BCUT2D eigenvalue weighted by Gasteiger charge is -2.36. The van der Waals surface area contributed by atoms with E-state index in [-0.39, 0.29) is 0 Å². The summed E-state index contributed by atoms with van der Waals surface area (Å²) in [5.41, 5.74) is 0. The van der Waals surface area contributed by atoms with Crippen molar-refractivity contribution in [3.05, 3.63) is 15.9 Å². The number of nitrogens with zero attached hydrogens (tertiary/aromatic N) is 2. The molecule has 8 heteroatoms. The van der Waals surface area contributed by atoms with Crippen molar-refractivity contribution in [1.29, 1.82) is 0 Å². The number of sulfonamides is 1. The van der Waals surface area contributed by atoms with Crippen LogP contribution in [-0.2, 0) is 10.0 Å². The summed E-state index contributed by atoms with van der Waals surface area (Å²) < 4.78 is 27.9. The van der Waals surface area contributed by atoms with Crippen molar-refractivity contribution in [2.24, 2.45) is 0 Å². The maximum absolute atomic E-state index is 12.5. The monoisotopic (exact) mass is 379 g/mol. The fraction of sp³-hybridized carbons (Fsp3) is 0.667. The predicted octanol–water partition coefficient (Wildman–Crippen LogP) is 1.18. The molecule has 1 N–H and O–H groups in total. The molecule has 5 nitrogen and oxygen atoms in total. The summed E-state index contributed by atoms with van der Waals surface area (Å²) in [4.78, 5) is 2.41. The molecule has 2 aliphatic rings. The van der Waals surface area contributed by atoms with E-state index in [1.54, 1.807) is 16.4 Å². The molecule has 0 bridgehead atoms. The summed E-state index contributed by atoms with van der Waals surface area (Å²) in [5.74, 6) is 0. The summed E-state index contributed by atoms with van der Waals surface area (Å²) in [5, 5.41) is 3.36. The van der Waals surface area contributed by atoms with Crippen molar-refractivity contribution in [2.45, 2.75) is 16.7 Å². The van der Waals surface area contributed by atoms with Crippen LogP contribution in [0.1, 0.15) is 6.42 Å². The first kappa shape index (κ1) is 14.9. The largest absolute Gasteiger partial charge is 0.315 e. The van der Waals surface area contributed by atoms with Crippen LogP contribution in [0.3, 0.4) is 0 Å². The smallest absolute Gasteiger partial charge is 0.252 e. The standard InChI is InChI=1S/C12H18BrN3O2S2/c13-11-1-2-12(19-11)20(17,18)16-7-5-15(6-8-16)10-3-4-14-9-10/h1-2,10,14H,3-9H2. The molecule has 0 spiro atoms. The minimum atomic E-state index is -3.31. The summed E-state index contributed by atoms with van der Waals surface area (Å²) in [6, 6.07) is 4.05. The van der Waals surface area contributed by atoms with E-state index in [1.807, 2.05) is 0 Å². The highest BCUT2D eigenvalue weighted by Crippen LogP contribution is 2.29. The Morgan fingerprint density at radius 1 is 1.25 bits per heavy atom. The zero-order valence-electron chi connectivity index (χ0n) is 11.1. The average Bonchev–Trinajstić information content (AvgIpc) is 3.10. The van der Waals surface area contributed by atoms with Crippen molar-refractivity contribution in [2.75, 3.05) is 39.3 Å². The van der Waals surface area contributed by atoms with Crippen molar-refractivity contribution >= 4 is 37.3 Å². The number of rotatable bonds is 3. The quantitative estimate of drug-likeness (QED) is 0.856. The Hall–Kier alpha value is 0.01000. The first-order valence-corrected chi connectivity index (χ1v) is 9.82. The first-order chi connectivity index (χ1) is 9.57. The van der Waals surface area contributed by atoms with Crippen LogP contribution >= 0.6 is 27.3 Å². The number of halogens is 1. The molecule has 1 aromatic rings. The average molecular weight is 380 g/mol. The van der Waals surface area contributed by atoms with Crippen LogP contribution in [0.15, 0.2) is 20.1 Å². The van der Waals surface area contributed by atoms with Gasteiger partial charge < -0.3 is 5.32 Å². The van der Waals surface area contributed by atoms with Gasteiger partial charge in [0.1, 0.15) is 4.21 Å². The second kappa shape index (κ2) is 6.02. The molecule has 0 radical (unpaired) electrons. The van der Waals surface area contributed by atoms with Gasteiger partial charge in [-0.1, -0.05) is 0 Å². The van der Waals surface area contributed by atoms with E-state index >= 15 is 0 Å². The van der Waals surface area contributed by atoms with Gasteiger partial charge in [-0.15, -0.1) is 11.3 Å². The van der Waals surface area contributed by atoms with E-state index in [0.717, 1.165) is 30.0 Å². The number of hydrogen-bond donors (Lipinski definition) is 1. The third-order valence-electron chi connectivity index (χ3n) is 3.97. The topological polar surface area (TPSA) is 52.7 Å². The molecule has 112 valence electrons.